The summed E-state index contributed by atoms with van der Waals surface area (Å²) in [6, 6.07) is 7.34. The molecule has 0 spiro atoms. The lowest BCUT2D eigenvalue weighted by molar-refractivity contribution is 0.0600. The van der Waals surface area contributed by atoms with E-state index in [2.05, 4.69) is 15.0 Å². The lowest BCUT2D eigenvalue weighted by atomic mass is 10.2. The molecule has 0 atom stereocenters. The topological polar surface area (TPSA) is 88.5 Å². The fourth-order valence-corrected chi connectivity index (χ4v) is 1.57. The Kier molecular flexibility index (Phi) is 3.95. The molecule has 6 nitrogen and oxygen atoms in total. The predicted molar refractivity (Wildman–Crippen MR) is 71.6 cm³/mol. The van der Waals surface area contributed by atoms with Crippen molar-refractivity contribution in [3.63, 3.8) is 0 Å². The first-order chi connectivity index (χ1) is 9.61. The van der Waals surface area contributed by atoms with Gasteiger partial charge < -0.3 is 15.2 Å². The van der Waals surface area contributed by atoms with Crippen LogP contribution in [0.15, 0.2) is 42.7 Å². The maximum atomic E-state index is 11.9. The first kappa shape index (κ1) is 13.5. The van der Waals surface area contributed by atoms with Crippen LogP contribution in [0.1, 0.15) is 20.7 Å². The smallest absolute Gasteiger partial charge is 0.337 e. The Morgan fingerprint density at radius 3 is 2.65 bits per heavy atom. The van der Waals surface area contributed by atoms with Crippen molar-refractivity contribution in [3.8, 4) is 5.75 Å². The number of methoxy groups -OCH3 is 1. The summed E-state index contributed by atoms with van der Waals surface area (Å²) in [5, 5.41) is 12.3. The number of hydrogen-bond donors (Lipinski definition) is 2. The Morgan fingerprint density at radius 2 is 2.05 bits per heavy atom. The molecule has 2 N–H and O–H groups in total. The summed E-state index contributed by atoms with van der Waals surface area (Å²) in [7, 11) is 1.25. The molecule has 0 aliphatic rings. The second-order valence-corrected chi connectivity index (χ2v) is 3.92. The number of anilines is 1. The Hall–Kier alpha value is -2.89. The van der Waals surface area contributed by atoms with Crippen LogP contribution < -0.4 is 5.32 Å². The Bertz CT molecular complexity index is 641. The van der Waals surface area contributed by atoms with Gasteiger partial charge >= 0.3 is 5.97 Å². The van der Waals surface area contributed by atoms with Crippen LogP contribution in [0, 0.1) is 0 Å². The van der Waals surface area contributed by atoms with Crippen LogP contribution in [0.25, 0.3) is 0 Å². The van der Waals surface area contributed by atoms with Crippen LogP contribution in [-0.4, -0.2) is 29.1 Å². The number of benzene rings is 1. The van der Waals surface area contributed by atoms with E-state index in [-0.39, 0.29) is 17.0 Å². The van der Waals surface area contributed by atoms with Gasteiger partial charge in [-0.2, -0.15) is 0 Å². The molecule has 0 aliphatic carbocycles. The zero-order valence-electron chi connectivity index (χ0n) is 10.7. The number of carbonyl (C=O) groups is 2. The molecular formula is C14H12N2O4. The summed E-state index contributed by atoms with van der Waals surface area (Å²) in [6.45, 7) is 0. The number of hydrogen-bond acceptors (Lipinski definition) is 5. The molecule has 0 unspecified atom stereocenters. The largest absolute Gasteiger partial charge is 0.506 e. The second-order valence-electron chi connectivity index (χ2n) is 3.92. The van der Waals surface area contributed by atoms with E-state index < -0.39 is 11.9 Å². The first-order valence-electron chi connectivity index (χ1n) is 5.74. The highest BCUT2D eigenvalue weighted by atomic mass is 16.5. The lowest BCUT2D eigenvalue weighted by Gasteiger charge is -2.08. The fraction of sp³-hybridized carbons (Fsp3) is 0.0714. The number of phenolic OH excluding ortho intramolecular Hbond substituents is 1. The van der Waals surface area contributed by atoms with E-state index in [0.717, 1.165) is 0 Å². The number of carbonyl (C=O) groups excluding carboxylic acids is 2. The molecule has 102 valence electrons. The molecule has 1 amide bonds. The highest BCUT2D eigenvalue weighted by molar-refractivity contribution is 6.05. The van der Waals surface area contributed by atoms with Crippen molar-refractivity contribution in [2.24, 2.45) is 0 Å². The minimum Gasteiger partial charge on any atom is -0.506 e. The Balaban J connectivity index is 2.18. The second kappa shape index (κ2) is 5.83. The van der Waals surface area contributed by atoms with Crippen LogP contribution in [0.5, 0.6) is 5.75 Å². The van der Waals surface area contributed by atoms with Crippen LogP contribution >= 0.6 is 0 Å². The molecule has 2 aromatic rings. The third-order valence-electron chi connectivity index (χ3n) is 2.59. The number of rotatable bonds is 3. The number of nitrogens with one attached hydrogen (secondary N) is 1. The molecule has 1 aromatic carbocycles. The van der Waals surface area contributed by atoms with Crippen LogP contribution in [0.4, 0.5) is 5.69 Å². The van der Waals surface area contributed by atoms with E-state index in [1.165, 1.54) is 31.5 Å². The number of phenols is 1. The van der Waals surface area contributed by atoms with Gasteiger partial charge in [-0.1, -0.05) is 0 Å². The van der Waals surface area contributed by atoms with E-state index in [1.54, 1.807) is 18.3 Å². The average Bonchev–Trinajstić information content (AvgIpc) is 2.49. The summed E-state index contributed by atoms with van der Waals surface area (Å²) < 4.78 is 4.54. The Labute approximate surface area is 115 Å². The molecule has 1 aromatic heterocycles. The van der Waals surface area contributed by atoms with E-state index in [1.807, 2.05) is 0 Å². The van der Waals surface area contributed by atoms with Crippen molar-refractivity contribution in [2.45, 2.75) is 0 Å². The monoisotopic (exact) mass is 272 g/mol. The minimum atomic E-state index is -0.564. The van der Waals surface area contributed by atoms with E-state index in [0.29, 0.717) is 5.56 Å². The molecule has 0 saturated carbocycles. The molecular weight excluding hydrogens is 260 g/mol. The third kappa shape index (κ3) is 2.92. The molecule has 0 radical (unpaired) electrons. The van der Waals surface area contributed by atoms with Crippen molar-refractivity contribution in [1.82, 2.24) is 4.98 Å². The summed E-state index contributed by atoms with van der Waals surface area (Å²) in [5.74, 6) is -1.19. The molecule has 6 heteroatoms. The molecule has 0 aliphatic heterocycles. The Morgan fingerprint density at radius 1 is 1.25 bits per heavy atom. The summed E-state index contributed by atoms with van der Waals surface area (Å²) in [4.78, 5) is 27.0. The fourth-order valence-electron chi connectivity index (χ4n) is 1.57. The lowest BCUT2D eigenvalue weighted by Crippen LogP contribution is -2.12. The van der Waals surface area contributed by atoms with Gasteiger partial charge in [-0.25, -0.2) is 4.79 Å². The normalized spacial score (nSPS) is 9.85. The van der Waals surface area contributed by atoms with Crippen molar-refractivity contribution >= 4 is 17.6 Å². The zero-order valence-corrected chi connectivity index (χ0v) is 10.7. The van der Waals surface area contributed by atoms with Gasteiger partial charge in [0.1, 0.15) is 5.75 Å². The molecule has 0 bridgehead atoms. The molecule has 2 rings (SSSR count). The van der Waals surface area contributed by atoms with E-state index >= 15 is 0 Å². The third-order valence-corrected chi connectivity index (χ3v) is 2.59. The van der Waals surface area contributed by atoms with Gasteiger partial charge in [0.05, 0.1) is 23.9 Å². The van der Waals surface area contributed by atoms with Crippen molar-refractivity contribution < 1.29 is 19.4 Å². The summed E-state index contributed by atoms with van der Waals surface area (Å²) >= 11 is 0. The van der Waals surface area contributed by atoms with Crippen LogP contribution in [0.2, 0.25) is 0 Å². The molecule has 20 heavy (non-hydrogen) atoms. The van der Waals surface area contributed by atoms with E-state index in [9.17, 15) is 14.7 Å². The highest BCUT2D eigenvalue weighted by Crippen LogP contribution is 2.25. The molecule has 0 fully saturated rings. The van der Waals surface area contributed by atoms with Gasteiger partial charge in [-0.15, -0.1) is 0 Å². The number of nitrogens with zero attached hydrogens (tertiary/aromatic N) is 1. The van der Waals surface area contributed by atoms with E-state index in [4.69, 9.17) is 0 Å². The SMILES string of the molecule is COC(=O)c1ccc(NC(=O)c2cccnc2)c(O)c1. The zero-order chi connectivity index (χ0) is 14.5. The first-order valence-corrected chi connectivity index (χ1v) is 5.74. The molecule has 0 saturated heterocycles. The number of ether oxygens (including phenoxy) is 1. The van der Waals surface area contributed by atoms with Crippen molar-refractivity contribution in [3.05, 3.63) is 53.9 Å². The summed E-state index contributed by atoms with van der Waals surface area (Å²) in [5.41, 5.74) is 0.764. The highest BCUT2D eigenvalue weighted by Gasteiger charge is 2.12. The standard InChI is InChI=1S/C14H12N2O4/c1-20-14(19)9-4-5-11(12(17)7-9)16-13(18)10-3-2-6-15-8-10/h2-8,17H,1H3,(H,16,18). The van der Waals surface area contributed by atoms with Crippen molar-refractivity contribution in [1.29, 1.82) is 0 Å². The molecule has 1 heterocycles. The number of aromatic hydroxyl groups is 1. The number of esters is 1. The quantitative estimate of drug-likeness (QED) is 0.657. The van der Waals surface area contributed by atoms with Gasteiger partial charge in [-0.05, 0) is 30.3 Å². The van der Waals surface area contributed by atoms with Crippen LogP contribution in [0.3, 0.4) is 0 Å². The van der Waals surface area contributed by atoms with Gasteiger partial charge in [0.15, 0.2) is 0 Å². The summed E-state index contributed by atoms with van der Waals surface area (Å²) in [6.07, 6.45) is 2.97. The average molecular weight is 272 g/mol. The number of pyridine rings is 1. The maximum absolute atomic E-state index is 11.9. The van der Waals surface area contributed by atoms with Crippen LogP contribution in [-0.2, 0) is 4.74 Å². The number of aromatic nitrogens is 1. The minimum absolute atomic E-state index is 0.198. The van der Waals surface area contributed by atoms with Crippen molar-refractivity contribution in [2.75, 3.05) is 12.4 Å². The van der Waals surface area contributed by atoms with Gasteiger partial charge in [0, 0.05) is 12.4 Å². The number of amides is 1. The predicted octanol–water partition coefficient (Wildman–Crippen LogP) is 1.83. The van der Waals surface area contributed by atoms with Gasteiger partial charge in [0.25, 0.3) is 5.91 Å². The van der Waals surface area contributed by atoms with Gasteiger partial charge in [-0.3, -0.25) is 9.78 Å². The van der Waals surface area contributed by atoms with Gasteiger partial charge in [0.2, 0.25) is 0 Å². The maximum Gasteiger partial charge on any atom is 0.337 e.